The smallest absolute Gasteiger partial charge is 0.550 e. The fourth-order valence-electron chi connectivity index (χ4n) is 7.35. The van der Waals surface area contributed by atoms with Gasteiger partial charge in [0, 0.05) is 11.9 Å². The second-order valence-corrected chi connectivity index (χ2v) is 16.4. The molecule has 2 rings (SSSR count). The summed E-state index contributed by atoms with van der Waals surface area (Å²) >= 11 is 0. The van der Waals surface area contributed by atoms with Gasteiger partial charge in [0.1, 0.15) is 0 Å². The van der Waals surface area contributed by atoms with E-state index in [0.717, 1.165) is 116 Å². The van der Waals surface area contributed by atoms with Gasteiger partial charge in [-0.2, -0.15) is 0 Å². The fourth-order valence-corrected chi connectivity index (χ4v) is 7.35. The first kappa shape index (κ1) is 57.8. The molecule has 0 bridgehead atoms. The molecule has 0 saturated heterocycles. The predicted molar refractivity (Wildman–Crippen MR) is 238 cm³/mol. The summed E-state index contributed by atoms with van der Waals surface area (Å²) in [5.41, 5.74) is 2.39. The second-order valence-electron chi connectivity index (χ2n) is 16.4. The Kier molecular flexibility index (Phi) is 41.2. The summed E-state index contributed by atoms with van der Waals surface area (Å²) in [6, 6.07) is 20.5. The number of unbranched alkanes of at least 4 members (excludes halogenated alkanes) is 12. The molecular formula is C50H82BaO8. The largest absolute Gasteiger partial charge is 2.00 e. The van der Waals surface area contributed by atoms with Gasteiger partial charge in [-0.05, 0) is 88.2 Å². The number of aliphatic carboxylic acids is 2. The molecule has 0 saturated carbocycles. The van der Waals surface area contributed by atoms with Crippen LogP contribution in [0, 0.1) is 0 Å². The maximum Gasteiger partial charge on any atom is 2.00 e. The Hall–Kier alpha value is -1.21. The Morgan fingerprint density at radius 2 is 0.746 bits per heavy atom. The van der Waals surface area contributed by atoms with E-state index >= 15 is 0 Å². The van der Waals surface area contributed by atoms with Gasteiger partial charge in [-0.15, -0.1) is 0 Å². The first-order valence-electron chi connectivity index (χ1n) is 23.3. The molecule has 9 heteroatoms. The number of rotatable bonds is 38. The predicted octanol–water partition coefficient (Wildman–Crippen LogP) is 9.95. The van der Waals surface area contributed by atoms with Crippen LogP contribution in [-0.4, -0.2) is 95.4 Å². The molecule has 0 radical (unpaired) electrons. The van der Waals surface area contributed by atoms with Crippen molar-refractivity contribution < 1.29 is 39.5 Å². The van der Waals surface area contributed by atoms with Gasteiger partial charge in [-0.25, -0.2) is 0 Å². The normalized spacial score (nSPS) is 13.1. The molecule has 4 atom stereocenters. The van der Waals surface area contributed by atoms with E-state index in [-0.39, 0.29) is 86.1 Å². The van der Waals surface area contributed by atoms with Crippen molar-refractivity contribution in [3.05, 3.63) is 71.8 Å². The molecule has 59 heavy (non-hydrogen) atoms. The minimum atomic E-state index is -0.955. The number of carboxylic acid groups (broad SMARTS) is 2. The third kappa shape index (κ3) is 38.2. The quantitative estimate of drug-likeness (QED) is 0.0501. The maximum absolute atomic E-state index is 10.5. The van der Waals surface area contributed by atoms with Crippen LogP contribution >= 0.6 is 0 Å². The summed E-state index contributed by atoms with van der Waals surface area (Å²) in [6.45, 7) is 5.51. The van der Waals surface area contributed by atoms with Crippen LogP contribution in [0.3, 0.4) is 0 Å². The molecule has 8 nitrogen and oxygen atoms in total. The molecule has 0 spiro atoms. The Labute approximate surface area is 400 Å². The van der Waals surface area contributed by atoms with Crippen molar-refractivity contribution in [3.8, 4) is 0 Å². The van der Waals surface area contributed by atoms with Crippen molar-refractivity contribution in [2.24, 2.45) is 0 Å². The summed E-state index contributed by atoms with van der Waals surface area (Å²) < 4.78 is 12.4. The third-order valence-corrected chi connectivity index (χ3v) is 10.8. The van der Waals surface area contributed by atoms with Crippen LogP contribution in [0.4, 0.5) is 0 Å². The number of carboxylic acids is 2. The van der Waals surface area contributed by atoms with Crippen molar-refractivity contribution >= 4 is 60.8 Å². The van der Waals surface area contributed by atoms with E-state index in [0.29, 0.717) is 26.1 Å². The van der Waals surface area contributed by atoms with Crippen LogP contribution in [0.25, 0.3) is 0 Å². The van der Waals surface area contributed by atoms with Gasteiger partial charge < -0.3 is 39.5 Å². The van der Waals surface area contributed by atoms with Gasteiger partial charge >= 0.3 is 48.9 Å². The van der Waals surface area contributed by atoms with E-state index in [1.54, 1.807) is 0 Å². The topological polar surface area (TPSA) is 139 Å². The van der Waals surface area contributed by atoms with Crippen molar-refractivity contribution in [2.75, 3.05) is 0 Å². The number of carbonyl (C=O) groups excluding carboxylic acids is 2. The summed E-state index contributed by atoms with van der Waals surface area (Å²) in [7, 11) is 0. The van der Waals surface area contributed by atoms with E-state index in [2.05, 4.69) is 38.1 Å². The maximum atomic E-state index is 10.5. The van der Waals surface area contributed by atoms with Gasteiger partial charge in [0.2, 0.25) is 0 Å². The fraction of sp³-hybridized carbons (Fsp3) is 0.720. The standard InChI is InChI=1S/2C25H42O4.Ba/c2*1-2-14-23(26)17-10-4-3-5-11-18-24(19-12-7-13-20-25(27)28)29-21-22-15-8-6-9-16-22;/h2*6,8-9,15-16,23-24,26H,2-5,7,10-14,17-21H2,1H3,(H,27,28);/q;;+2/p-2. The van der Waals surface area contributed by atoms with E-state index < -0.39 is 11.9 Å². The van der Waals surface area contributed by atoms with Gasteiger partial charge in [0.15, 0.2) is 0 Å². The zero-order chi connectivity index (χ0) is 42.3. The first-order chi connectivity index (χ1) is 28.2. The van der Waals surface area contributed by atoms with Gasteiger partial charge in [0.25, 0.3) is 0 Å². The van der Waals surface area contributed by atoms with Crippen LogP contribution < -0.4 is 10.2 Å². The number of aliphatic hydroxyl groups excluding tert-OH is 2. The van der Waals surface area contributed by atoms with E-state index in [1.165, 1.54) is 49.7 Å². The van der Waals surface area contributed by atoms with Crippen LogP contribution in [0.5, 0.6) is 0 Å². The number of carbonyl (C=O) groups is 2. The van der Waals surface area contributed by atoms with Crippen molar-refractivity contribution in [3.63, 3.8) is 0 Å². The molecule has 2 aromatic carbocycles. The first-order valence-corrected chi connectivity index (χ1v) is 23.3. The minimum absolute atomic E-state index is 0. The van der Waals surface area contributed by atoms with Crippen molar-refractivity contribution in [1.82, 2.24) is 0 Å². The van der Waals surface area contributed by atoms with Gasteiger partial charge in [0.05, 0.1) is 37.6 Å². The summed E-state index contributed by atoms with van der Waals surface area (Å²) in [6.07, 6.45) is 27.5. The Balaban J connectivity index is 0.00000112. The van der Waals surface area contributed by atoms with Crippen LogP contribution in [-0.2, 0) is 32.3 Å². The Morgan fingerprint density at radius 3 is 1.05 bits per heavy atom. The van der Waals surface area contributed by atoms with Crippen LogP contribution in [0.1, 0.15) is 205 Å². The van der Waals surface area contributed by atoms with E-state index in [9.17, 15) is 30.0 Å². The number of benzene rings is 2. The second kappa shape index (κ2) is 42.1. The monoisotopic (exact) mass is 949 g/mol. The Morgan fingerprint density at radius 1 is 0.458 bits per heavy atom. The van der Waals surface area contributed by atoms with Gasteiger partial charge in [-0.3, -0.25) is 0 Å². The minimum Gasteiger partial charge on any atom is -0.550 e. The van der Waals surface area contributed by atoms with Crippen molar-refractivity contribution in [1.29, 1.82) is 0 Å². The number of aliphatic hydroxyl groups is 2. The van der Waals surface area contributed by atoms with E-state index in [1.807, 2.05) is 36.4 Å². The summed E-state index contributed by atoms with van der Waals surface area (Å²) in [5.74, 6) is -1.91. The molecule has 0 heterocycles. The molecule has 0 aromatic heterocycles. The SMILES string of the molecule is CCCC(O)CCCCCCCC(CCCCCC(=O)[O-])OCc1ccccc1.CCCC(O)CCCCCCCC(CCCCCC(=O)[O-])OCc1ccccc1.[Ba+2]. The number of hydrogen-bond donors (Lipinski definition) is 2. The molecule has 2 N–H and O–H groups in total. The van der Waals surface area contributed by atoms with Gasteiger partial charge in [-0.1, -0.05) is 177 Å². The van der Waals surface area contributed by atoms with E-state index in [4.69, 9.17) is 9.47 Å². The summed E-state index contributed by atoms with van der Waals surface area (Å²) in [4.78, 5) is 21.1. The third-order valence-electron chi connectivity index (χ3n) is 10.8. The average molecular weight is 949 g/mol. The zero-order valence-corrected chi connectivity index (χ0v) is 41.8. The molecule has 0 aliphatic carbocycles. The molecule has 4 unspecified atom stereocenters. The Bertz CT molecular complexity index is 1110. The molecular weight excluding hydrogens is 866 g/mol. The molecule has 332 valence electrons. The van der Waals surface area contributed by atoms with Crippen molar-refractivity contribution in [2.45, 2.75) is 231 Å². The number of hydrogen-bond acceptors (Lipinski definition) is 8. The van der Waals surface area contributed by atoms with Crippen LogP contribution in [0.2, 0.25) is 0 Å². The molecule has 0 amide bonds. The number of ether oxygens (including phenoxy) is 2. The summed E-state index contributed by atoms with van der Waals surface area (Å²) in [5, 5.41) is 40.6. The zero-order valence-electron chi connectivity index (χ0n) is 37.3. The average Bonchev–Trinajstić information content (AvgIpc) is 3.21. The molecule has 0 aliphatic heterocycles. The molecule has 0 fully saturated rings. The van der Waals surface area contributed by atoms with Crippen LogP contribution in [0.15, 0.2) is 60.7 Å². The molecule has 0 aliphatic rings. The molecule has 2 aromatic rings.